The third kappa shape index (κ3) is 19.6. The fourth-order valence-electron chi connectivity index (χ4n) is 11.9. The maximum atomic E-state index is 15.8. The van der Waals surface area contributed by atoms with Gasteiger partial charge >= 0.3 is 54.0 Å². The van der Waals surface area contributed by atoms with Crippen LogP contribution in [0.1, 0.15) is 77.6 Å². The summed E-state index contributed by atoms with van der Waals surface area (Å²) in [6.07, 6.45) is -25.1. The molecular weight excluding hydrogens is 1850 g/mol. The van der Waals surface area contributed by atoms with E-state index in [1.165, 1.54) is 100 Å². The number of phosphoric ester groups is 4. The van der Waals surface area contributed by atoms with Crippen LogP contribution in [0.5, 0.6) is 23.0 Å². The van der Waals surface area contributed by atoms with E-state index in [9.17, 15) is 97.5 Å². The first-order chi connectivity index (χ1) is 60.3. The molecule has 4 fully saturated rings. The molecule has 20 atom stereocenters. The average molecular weight is 1920 g/mol. The molecule has 0 saturated carbocycles. The fraction of sp³-hybridized carbons (Fsp3) is 0.412. The first kappa shape index (κ1) is 85.2. The Balaban J connectivity index is 0.000000148. The predicted molar refractivity (Wildman–Crippen MR) is 410 cm³/mol. The number of nitrogens with zero attached hydrogens (tertiary/aromatic N) is 4. The standard InChI is InChI=1S/4C17H17ClFN2O9P/c4*1-8-5-21(16(25)20-14(8)24)15-12(22)13(23)17(19,29-15)7-28-31(26)27-6-9-4-10(18)2-3-11(9)30-31/h4*2-5,12-13,15,22-23H,6-7H2,1H3,(H,20,24,25)/t4*12-,13+,15-,17-,31?/m1111/s1/i7D2,15D;15D;7D2;. The van der Waals surface area contributed by atoms with Crippen LogP contribution in [0, 0.1) is 27.7 Å². The highest BCUT2D eigenvalue weighted by molar-refractivity contribution is 7.49. The molecule has 12 N–H and O–H groups in total. The number of aliphatic hydroxyl groups excluding tert-OH is 8. The number of phosphoric acid groups is 4. The Morgan fingerprint density at radius 2 is 0.637 bits per heavy atom. The van der Waals surface area contributed by atoms with Gasteiger partial charge in [-0.15, -0.1) is 0 Å². The molecule has 44 nitrogen and oxygen atoms in total. The summed E-state index contributed by atoms with van der Waals surface area (Å²) in [5.74, 6) is -14.1. The van der Waals surface area contributed by atoms with Crippen LogP contribution in [0.25, 0.3) is 0 Å². The number of nitrogens with one attached hydrogen (secondary N) is 4. The van der Waals surface area contributed by atoms with Crippen molar-refractivity contribution in [3.8, 4) is 23.0 Å². The monoisotopic (exact) mass is 1920 g/mol. The molecule has 0 amide bonds. The lowest BCUT2D eigenvalue weighted by Crippen LogP contribution is -2.43. The van der Waals surface area contributed by atoms with Crippen molar-refractivity contribution in [2.24, 2.45) is 0 Å². The van der Waals surface area contributed by atoms with Crippen molar-refractivity contribution in [1.82, 2.24) is 38.2 Å². The molecule has 0 radical (unpaired) electrons. The molecule has 4 saturated heterocycles. The van der Waals surface area contributed by atoms with E-state index in [-0.39, 0.29) is 69.6 Å². The number of aliphatic hydroxyl groups is 8. The number of ether oxygens (including phenoxy) is 4. The second-order valence-electron chi connectivity index (χ2n) is 27.4. The Hall–Kier alpha value is -8.20. The van der Waals surface area contributed by atoms with Crippen LogP contribution in [0.3, 0.4) is 0 Å². The first-order valence-corrected chi connectivity index (χ1v) is 42.5. The highest BCUT2D eigenvalue weighted by Gasteiger charge is 2.62. The van der Waals surface area contributed by atoms with Gasteiger partial charge < -0.3 is 77.9 Å². The molecule has 8 aliphatic rings. The number of aryl methyl sites for hydroxylation is 4. The average Bonchev–Trinajstić information content (AvgIpc) is 1.56. The van der Waals surface area contributed by atoms with E-state index in [0.717, 1.165) is 29.4 Å². The van der Waals surface area contributed by atoms with Crippen molar-refractivity contribution in [3.63, 3.8) is 0 Å². The summed E-state index contributed by atoms with van der Waals surface area (Å²) in [6, 6.07) is 17.1. The number of hydrogen-bond donors (Lipinski definition) is 12. The van der Waals surface area contributed by atoms with Crippen LogP contribution in [-0.4, -0.2) is 178 Å². The number of aromatic nitrogens is 8. The third-order valence-corrected chi connectivity index (χ3v) is 24.5. The lowest BCUT2D eigenvalue weighted by atomic mass is 10.1. The van der Waals surface area contributed by atoms with Crippen molar-refractivity contribution in [3.05, 3.63) is 246 Å². The number of H-pyrrole nitrogens is 4. The van der Waals surface area contributed by atoms with Crippen molar-refractivity contribution in [1.29, 1.82) is 0 Å². The van der Waals surface area contributed by atoms with E-state index < -0.39 is 206 Å². The smallest absolute Gasteiger partial charge is 0.404 e. The van der Waals surface area contributed by atoms with Gasteiger partial charge in [0.2, 0.25) is 0 Å². The maximum Gasteiger partial charge on any atom is 0.530 e. The second-order valence-corrected chi connectivity index (χ2v) is 35.4. The number of aromatic amines is 4. The van der Waals surface area contributed by atoms with Crippen LogP contribution in [0.15, 0.2) is 136 Å². The van der Waals surface area contributed by atoms with Gasteiger partial charge in [0.15, 0.2) is 24.9 Å². The number of fused-ring (bicyclic) bond motifs is 4. The van der Waals surface area contributed by atoms with Gasteiger partial charge in [-0.05, 0) is 100 Å². The van der Waals surface area contributed by atoms with Crippen LogP contribution in [0.2, 0.25) is 20.1 Å². The zero-order valence-electron chi connectivity index (χ0n) is 68.9. The molecule has 672 valence electrons. The molecule has 124 heavy (non-hydrogen) atoms. The van der Waals surface area contributed by atoms with Gasteiger partial charge in [-0.2, -0.15) is 0 Å². The van der Waals surface area contributed by atoms with Crippen molar-refractivity contribution in [2.75, 3.05) is 26.3 Å². The van der Waals surface area contributed by atoms with E-state index >= 15 is 17.6 Å². The van der Waals surface area contributed by atoms with E-state index in [1.54, 1.807) is 0 Å². The van der Waals surface area contributed by atoms with E-state index in [1.807, 2.05) is 19.9 Å². The van der Waals surface area contributed by atoms with Gasteiger partial charge in [-0.3, -0.25) is 93.6 Å². The molecule has 0 aliphatic carbocycles. The van der Waals surface area contributed by atoms with Crippen LogP contribution in [0.4, 0.5) is 17.6 Å². The lowest BCUT2D eigenvalue weighted by Gasteiger charge is -2.28. The minimum atomic E-state index is -4.87. The van der Waals surface area contributed by atoms with Gasteiger partial charge in [0.1, 0.15) is 98.2 Å². The third-order valence-electron chi connectivity index (χ3n) is 18.5. The van der Waals surface area contributed by atoms with Crippen molar-refractivity contribution < 1.29 is 158 Å². The van der Waals surface area contributed by atoms with Crippen molar-refractivity contribution >= 4 is 77.7 Å². The van der Waals surface area contributed by atoms with Gasteiger partial charge in [0.25, 0.3) is 45.7 Å². The summed E-state index contributed by atoms with van der Waals surface area (Å²) in [6.45, 7) is -6.00. The molecule has 4 unspecified atom stereocenters. The van der Waals surface area contributed by atoms with E-state index in [0.29, 0.717) is 51.5 Å². The normalized spacial score (nSPS) is 34.6. The Labute approximate surface area is 717 Å². The topological polar surface area (TPSA) is 597 Å². The number of benzene rings is 4. The molecule has 56 heteroatoms. The molecule has 8 aliphatic heterocycles. The molecule has 12 heterocycles. The molecule has 0 spiro atoms. The van der Waals surface area contributed by atoms with Gasteiger partial charge in [0.05, 0.1) is 34.7 Å². The van der Waals surface area contributed by atoms with E-state index in [2.05, 4.69) is 4.52 Å². The number of hydrogen-bond acceptors (Lipinski definition) is 36. The quantitative estimate of drug-likeness (QED) is 0.0464. The largest absolute Gasteiger partial charge is 0.530 e. The zero-order chi connectivity index (χ0) is 95.6. The number of alkyl halides is 4. The molecular formula is C68H68Cl4F4N8O36P4. The number of halogens is 8. The van der Waals surface area contributed by atoms with Gasteiger partial charge in [-0.25, -0.2) is 55.0 Å². The Morgan fingerprint density at radius 1 is 0.395 bits per heavy atom. The highest BCUT2D eigenvalue weighted by atomic mass is 35.5. The maximum absolute atomic E-state index is 15.8. The minimum absolute atomic E-state index is 0.0114. The van der Waals surface area contributed by atoms with Crippen LogP contribution < -0.4 is 63.1 Å². The van der Waals surface area contributed by atoms with Gasteiger partial charge in [-0.1, -0.05) is 46.4 Å². The highest BCUT2D eigenvalue weighted by Crippen LogP contribution is 2.60. The van der Waals surface area contributed by atoms with E-state index in [4.69, 9.17) is 123 Å². The Bertz CT molecular complexity index is 6560. The summed E-state index contributed by atoms with van der Waals surface area (Å²) >= 11 is 23.4. The van der Waals surface area contributed by atoms with Gasteiger partial charge in [0, 0.05) is 89.4 Å². The molecule has 4 aromatic heterocycles. The Morgan fingerprint density at radius 3 is 0.960 bits per heavy atom. The van der Waals surface area contributed by atoms with Crippen LogP contribution >= 0.6 is 77.7 Å². The summed E-state index contributed by atoms with van der Waals surface area (Å²) in [4.78, 5) is 102. The van der Waals surface area contributed by atoms with Crippen LogP contribution in [-0.2, 0) is 99.8 Å². The molecule has 16 rings (SSSR count). The zero-order valence-corrected chi connectivity index (χ0v) is 69.5. The Kier molecular flexibility index (Phi) is 24.6. The summed E-state index contributed by atoms with van der Waals surface area (Å²) in [5, 5.41) is 83.5. The fourth-order valence-corrected chi connectivity index (χ4v) is 17.4. The minimum Gasteiger partial charge on any atom is -0.404 e. The summed E-state index contributed by atoms with van der Waals surface area (Å²) < 4.78 is 243. The molecule has 4 aromatic carbocycles. The summed E-state index contributed by atoms with van der Waals surface area (Å²) in [5.41, 5.74) is -6.06. The molecule has 8 aromatic rings. The predicted octanol–water partition coefficient (Wildman–Crippen LogP) is 4.59. The second kappa shape index (κ2) is 35.8. The number of rotatable bonds is 16. The first-order valence-electron chi connectivity index (χ1n) is 38.1. The SMILES string of the molecule is Cc1cn([C@@H]2O[C@](F)(COP3(=O)OCc4cc(Cl)ccc4O3)[C@@H](O)[C@H]2O)c(=O)[nH]c1=O.[2H]C([2H])(OP1(=O)OCc2cc(Cl)ccc2O1)[C@@]1(F)O[C@@H](n2cc(C)c(=O)[nH]c2=O)[C@H](O)[C@@H]1O.[2H]C([2H])(OP1(=O)OCc2cc(Cl)ccc2O1)[C@@]1(F)O[C@@]([2H])(n2cc(C)c(=O)[nH]c2=O)[C@H](O)[C@@H]1O.[2H][C@@]1(n2cc(C)c(=O)[nH]c2=O)O[C@](F)(COP2(=O)OCc3cc(Cl)ccc3O2)[C@@H](O)[C@H]1O. The van der Waals surface area contributed by atoms with Crippen molar-refractivity contribution in [2.45, 2.75) is 151 Å². The lowest BCUT2D eigenvalue weighted by molar-refractivity contribution is -0.205. The molecule has 0 bridgehead atoms. The summed E-state index contributed by atoms with van der Waals surface area (Å²) in [7, 11) is -18.3.